The number of carbonyl (C=O) groups is 2. The van der Waals surface area contributed by atoms with Crippen LogP contribution in [0.4, 0.5) is 11.6 Å². The van der Waals surface area contributed by atoms with Crippen molar-refractivity contribution in [3.05, 3.63) is 41.1 Å². The third kappa shape index (κ3) is 4.90. The van der Waals surface area contributed by atoms with E-state index in [1.165, 1.54) is 0 Å². The first-order chi connectivity index (χ1) is 11.8. The van der Waals surface area contributed by atoms with Crippen molar-refractivity contribution in [3.63, 3.8) is 0 Å². The van der Waals surface area contributed by atoms with Crippen LogP contribution in [0.1, 0.15) is 23.7 Å². The molecule has 0 saturated heterocycles. The molecule has 1 aromatic heterocycles. The maximum absolute atomic E-state index is 12.3. The lowest BCUT2D eigenvalue weighted by molar-refractivity contribution is -0.122. The molecule has 25 heavy (non-hydrogen) atoms. The summed E-state index contributed by atoms with van der Waals surface area (Å²) >= 11 is 0. The number of nitrogens with one attached hydrogen (secondary N) is 2. The zero-order valence-electron chi connectivity index (χ0n) is 15.2. The summed E-state index contributed by atoms with van der Waals surface area (Å²) in [5.41, 5.74) is 3.61. The highest BCUT2D eigenvalue weighted by Crippen LogP contribution is 2.18. The molecule has 0 spiro atoms. The highest BCUT2D eigenvalue weighted by Gasteiger charge is 2.21. The van der Waals surface area contributed by atoms with Gasteiger partial charge in [0, 0.05) is 11.8 Å². The number of hydrogen-bond donors (Lipinski definition) is 2. The molecule has 1 atom stereocenters. The number of amides is 2. The van der Waals surface area contributed by atoms with Gasteiger partial charge in [0.25, 0.3) is 0 Å². The summed E-state index contributed by atoms with van der Waals surface area (Å²) in [7, 11) is 1.72. The van der Waals surface area contributed by atoms with E-state index in [0.717, 1.165) is 16.8 Å². The quantitative estimate of drug-likeness (QED) is 0.841. The molecule has 7 heteroatoms. The normalized spacial score (nSPS) is 12.1. The van der Waals surface area contributed by atoms with Gasteiger partial charge in [-0.2, -0.15) is 0 Å². The fourth-order valence-corrected chi connectivity index (χ4v) is 2.29. The van der Waals surface area contributed by atoms with Crippen molar-refractivity contribution in [3.8, 4) is 0 Å². The maximum atomic E-state index is 12.3. The molecule has 1 aromatic carbocycles. The van der Waals surface area contributed by atoms with E-state index in [1.807, 2.05) is 32.0 Å². The summed E-state index contributed by atoms with van der Waals surface area (Å²) in [5, 5.41) is 9.25. The Morgan fingerprint density at radius 1 is 1.24 bits per heavy atom. The Bertz CT molecular complexity index is 769. The fourth-order valence-electron chi connectivity index (χ4n) is 2.29. The molecule has 134 valence electrons. The van der Waals surface area contributed by atoms with E-state index in [0.29, 0.717) is 11.6 Å². The molecule has 0 aliphatic rings. The molecule has 0 radical (unpaired) electrons. The Morgan fingerprint density at radius 2 is 1.96 bits per heavy atom. The summed E-state index contributed by atoms with van der Waals surface area (Å²) in [4.78, 5) is 26.2. The van der Waals surface area contributed by atoms with Crippen molar-refractivity contribution < 1.29 is 14.1 Å². The van der Waals surface area contributed by atoms with Crippen LogP contribution in [0, 0.1) is 20.8 Å². The van der Waals surface area contributed by atoms with E-state index < -0.39 is 6.04 Å². The first-order valence-corrected chi connectivity index (χ1v) is 8.08. The SMILES string of the molecule is Cc1cc(NC(=O)C(C)N(C)CC(=O)Nc2cccc(C)c2C)on1. The van der Waals surface area contributed by atoms with Crippen LogP contribution in [0.3, 0.4) is 0 Å². The van der Waals surface area contributed by atoms with Gasteiger partial charge >= 0.3 is 0 Å². The topological polar surface area (TPSA) is 87.5 Å². The summed E-state index contributed by atoms with van der Waals surface area (Å²) < 4.78 is 4.97. The second-order valence-electron chi connectivity index (χ2n) is 6.21. The number of likely N-dealkylation sites (N-methyl/N-ethyl adjacent to an activating group) is 1. The maximum Gasteiger partial charge on any atom is 0.243 e. The van der Waals surface area contributed by atoms with Crippen LogP contribution in [-0.4, -0.2) is 41.5 Å². The third-order valence-corrected chi connectivity index (χ3v) is 4.19. The van der Waals surface area contributed by atoms with E-state index >= 15 is 0 Å². The zero-order chi connectivity index (χ0) is 18.6. The van der Waals surface area contributed by atoms with Gasteiger partial charge in [0.05, 0.1) is 18.3 Å². The van der Waals surface area contributed by atoms with Gasteiger partial charge in [-0.25, -0.2) is 0 Å². The molecular weight excluding hydrogens is 320 g/mol. The van der Waals surface area contributed by atoms with Crippen LogP contribution in [0.2, 0.25) is 0 Å². The average molecular weight is 344 g/mol. The van der Waals surface area contributed by atoms with Crippen molar-refractivity contribution in [2.45, 2.75) is 33.7 Å². The molecular formula is C18H24N4O3. The van der Waals surface area contributed by atoms with Crippen LogP contribution in [0.15, 0.2) is 28.8 Å². The number of nitrogens with zero attached hydrogens (tertiary/aromatic N) is 2. The van der Waals surface area contributed by atoms with Gasteiger partial charge in [-0.05, 0) is 51.9 Å². The van der Waals surface area contributed by atoms with Gasteiger partial charge in [-0.1, -0.05) is 17.3 Å². The van der Waals surface area contributed by atoms with Crippen LogP contribution in [-0.2, 0) is 9.59 Å². The molecule has 1 heterocycles. The first-order valence-electron chi connectivity index (χ1n) is 8.08. The van der Waals surface area contributed by atoms with E-state index in [2.05, 4.69) is 15.8 Å². The third-order valence-electron chi connectivity index (χ3n) is 4.19. The summed E-state index contributed by atoms with van der Waals surface area (Å²) in [5.74, 6) is -0.146. The fraction of sp³-hybridized carbons (Fsp3) is 0.389. The summed E-state index contributed by atoms with van der Waals surface area (Å²) in [6.07, 6.45) is 0. The Labute approximate surface area is 147 Å². The second-order valence-corrected chi connectivity index (χ2v) is 6.21. The van der Waals surface area contributed by atoms with Crippen LogP contribution < -0.4 is 10.6 Å². The van der Waals surface area contributed by atoms with Gasteiger partial charge in [0.2, 0.25) is 17.7 Å². The minimum absolute atomic E-state index is 0.0946. The molecule has 0 fully saturated rings. The molecule has 0 aliphatic carbocycles. The first kappa shape index (κ1) is 18.7. The number of hydrogen-bond acceptors (Lipinski definition) is 5. The molecule has 2 amide bonds. The van der Waals surface area contributed by atoms with Crippen molar-refractivity contribution in [2.24, 2.45) is 0 Å². The number of carbonyl (C=O) groups excluding carboxylic acids is 2. The van der Waals surface area contributed by atoms with Crippen molar-refractivity contribution in [2.75, 3.05) is 24.2 Å². The molecule has 7 nitrogen and oxygen atoms in total. The molecule has 1 unspecified atom stereocenters. The number of anilines is 2. The molecule has 0 bridgehead atoms. The Morgan fingerprint density at radius 3 is 2.60 bits per heavy atom. The van der Waals surface area contributed by atoms with Crippen LogP contribution >= 0.6 is 0 Å². The smallest absolute Gasteiger partial charge is 0.243 e. The second kappa shape index (κ2) is 7.94. The summed E-state index contributed by atoms with van der Waals surface area (Å²) in [6, 6.07) is 6.89. The van der Waals surface area contributed by atoms with Crippen LogP contribution in [0.25, 0.3) is 0 Å². The van der Waals surface area contributed by atoms with Crippen molar-refractivity contribution in [1.29, 1.82) is 0 Å². The lowest BCUT2D eigenvalue weighted by Gasteiger charge is -2.23. The van der Waals surface area contributed by atoms with E-state index in [-0.39, 0.29) is 18.4 Å². The van der Waals surface area contributed by atoms with Crippen molar-refractivity contribution in [1.82, 2.24) is 10.1 Å². The van der Waals surface area contributed by atoms with Crippen LogP contribution in [0.5, 0.6) is 0 Å². The number of aryl methyl sites for hydroxylation is 2. The minimum atomic E-state index is -0.505. The van der Waals surface area contributed by atoms with E-state index in [1.54, 1.807) is 31.9 Å². The standard InChI is InChI=1S/C18H24N4O3/c1-11-7-6-8-15(13(11)3)19-16(23)10-22(5)14(4)18(24)20-17-9-12(2)21-25-17/h6-9,14H,10H2,1-5H3,(H,19,23)(H,20,24). The average Bonchev–Trinajstić information content (AvgIpc) is 2.95. The highest BCUT2D eigenvalue weighted by atomic mass is 16.5. The number of benzene rings is 1. The predicted octanol–water partition coefficient (Wildman–Crippen LogP) is 2.50. The predicted molar refractivity (Wildman–Crippen MR) is 96.5 cm³/mol. The van der Waals surface area contributed by atoms with Crippen molar-refractivity contribution >= 4 is 23.4 Å². The summed E-state index contributed by atoms with van der Waals surface area (Å²) in [6.45, 7) is 7.55. The Hall–Kier alpha value is -2.67. The molecule has 2 aromatic rings. The van der Waals surface area contributed by atoms with E-state index in [4.69, 9.17) is 4.52 Å². The Balaban J connectivity index is 1.91. The molecule has 2 N–H and O–H groups in total. The minimum Gasteiger partial charge on any atom is -0.338 e. The lowest BCUT2D eigenvalue weighted by atomic mass is 10.1. The molecule has 2 rings (SSSR count). The Kier molecular flexibility index (Phi) is 5.93. The van der Waals surface area contributed by atoms with Gasteiger partial charge < -0.3 is 9.84 Å². The molecule has 0 saturated carbocycles. The van der Waals surface area contributed by atoms with Gasteiger partial charge in [0.15, 0.2) is 0 Å². The van der Waals surface area contributed by atoms with E-state index in [9.17, 15) is 9.59 Å². The largest absolute Gasteiger partial charge is 0.338 e. The van der Waals surface area contributed by atoms with Gasteiger partial charge in [-0.3, -0.25) is 19.8 Å². The number of aromatic nitrogens is 1. The van der Waals surface area contributed by atoms with Gasteiger partial charge in [-0.15, -0.1) is 0 Å². The molecule has 0 aliphatic heterocycles. The van der Waals surface area contributed by atoms with Gasteiger partial charge in [0.1, 0.15) is 0 Å². The zero-order valence-corrected chi connectivity index (χ0v) is 15.2. The monoisotopic (exact) mass is 344 g/mol. The highest BCUT2D eigenvalue weighted by molar-refractivity contribution is 5.95. The lowest BCUT2D eigenvalue weighted by Crippen LogP contribution is -2.43. The number of rotatable bonds is 6.